The Morgan fingerprint density at radius 1 is 1.42 bits per heavy atom. The molecule has 1 unspecified atom stereocenters. The Balaban J connectivity index is 2.63. The first-order chi connectivity index (χ1) is 5.16. The Kier molecular flexibility index (Phi) is 2.93. The van der Waals surface area contributed by atoms with Crippen LogP contribution in [0.1, 0.15) is 13.3 Å². The summed E-state index contributed by atoms with van der Waals surface area (Å²) in [5, 5.41) is 0. The molecule has 1 fully saturated rings. The number of alkyl halides is 5. The summed E-state index contributed by atoms with van der Waals surface area (Å²) in [4.78, 5) is 0. The molecule has 1 heterocycles. The molecule has 0 bridgehead atoms. The molecule has 1 rings (SSSR count). The van der Waals surface area contributed by atoms with Gasteiger partial charge in [-0.05, 0) is 6.92 Å². The maximum Gasteiger partial charge on any atom is 0.419 e. The van der Waals surface area contributed by atoms with Gasteiger partial charge in [0, 0.05) is 6.42 Å². The second-order valence-electron chi connectivity index (χ2n) is 3.03. The van der Waals surface area contributed by atoms with Gasteiger partial charge in [-0.3, -0.25) is 0 Å². The molecule has 1 atom stereocenters. The molecule has 0 saturated carbocycles. The third kappa shape index (κ3) is 2.60. The summed E-state index contributed by atoms with van der Waals surface area (Å²) in [6.07, 6.45) is -4.20. The molecule has 0 amide bonds. The van der Waals surface area contributed by atoms with E-state index in [1.165, 1.54) is 0 Å². The lowest BCUT2D eigenvalue weighted by atomic mass is 10.1. The molecule has 72 valence electrons. The molecule has 0 N–H and O–H groups in total. The van der Waals surface area contributed by atoms with Crippen LogP contribution in [0.5, 0.6) is 0 Å². The fraction of sp³-hybridized carbons (Fsp3) is 1.00. The lowest BCUT2D eigenvalue weighted by Gasteiger charge is -2.22. The number of halogens is 5. The molecule has 1 nitrogen and oxygen atoms in total. The van der Waals surface area contributed by atoms with E-state index in [-0.39, 0.29) is 13.0 Å². The largest absolute Gasteiger partial charge is 0.419 e. The summed E-state index contributed by atoms with van der Waals surface area (Å²) in [6, 6.07) is 0. The highest BCUT2D eigenvalue weighted by Crippen LogP contribution is 2.51. The maximum atomic E-state index is 12.3. The summed E-state index contributed by atoms with van der Waals surface area (Å²) in [7, 11) is 0. The van der Waals surface area contributed by atoms with E-state index < -0.39 is 13.2 Å². The Bertz CT molecular complexity index is 180. The Morgan fingerprint density at radius 3 is 1.92 bits per heavy atom. The van der Waals surface area contributed by atoms with Crippen molar-refractivity contribution in [2.24, 2.45) is 0 Å². The summed E-state index contributed by atoms with van der Waals surface area (Å²) in [5.41, 5.74) is -1.84. The normalized spacial score (nSPS) is 30.5. The summed E-state index contributed by atoms with van der Waals surface area (Å²) in [6.45, 7) is 1.57. The maximum absolute atomic E-state index is 12.3. The van der Waals surface area contributed by atoms with Gasteiger partial charge in [0.1, 0.15) is 0 Å². The van der Waals surface area contributed by atoms with Gasteiger partial charge in [0.05, 0.1) is 8.04 Å². The quantitative estimate of drug-likeness (QED) is 0.390. The van der Waals surface area contributed by atoms with Crippen molar-refractivity contribution in [1.29, 1.82) is 0 Å². The van der Waals surface area contributed by atoms with Gasteiger partial charge in [-0.2, -0.15) is 13.2 Å². The molecule has 1 aliphatic rings. The van der Waals surface area contributed by atoms with E-state index in [0.717, 1.165) is 0 Å². The molecule has 0 radical (unpaired) electrons. The lowest BCUT2D eigenvalue weighted by molar-refractivity contribution is -0.185. The van der Waals surface area contributed by atoms with E-state index in [4.69, 9.17) is 0 Å². The van der Waals surface area contributed by atoms with Crippen LogP contribution >= 0.6 is 45.2 Å². The lowest BCUT2D eigenvalue weighted by Crippen LogP contribution is -2.36. The van der Waals surface area contributed by atoms with Gasteiger partial charge in [-0.25, -0.2) is 0 Å². The zero-order valence-corrected chi connectivity index (χ0v) is 10.5. The van der Waals surface area contributed by atoms with Crippen molar-refractivity contribution in [3.63, 3.8) is 0 Å². The highest BCUT2D eigenvalue weighted by Gasteiger charge is 2.67. The first kappa shape index (κ1) is 11.3. The monoisotopic (exact) mass is 406 g/mol. The SMILES string of the molecule is CC(I)(I)CC1(C(F)(F)F)CO1. The van der Waals surface area contributed by atoms with Gasteiger partial charge in [-0.15, -0.1) is 0 Å². The van der Waals surface area contributed by atoms with Crippen LogP contribution in [0.15, 0.2) is 0 Å². The highest BCUT2D eigenvalue weighted by atomic mass is 127. The fourth-order valence-electron chi connectivity index (χ4n) is 0.954. The molecule has 12 heavy (non-hydrogen) atoms. The van der Waals surface area contributed by atoms with E-state index in [0.29, 0.717) is 0 Å². The minimum absolute atomic E-state index is 0.0185. The molecule has 0 aliphatic carbocycles. The first-order valence-electron chi connectivity index (χ1n) is 3.25. The van der Waals surface area contributed by atoms with Crippen molar-refractivity contribution in [3.05, 3.63) is 0 Å². The Morgan fingerprint density at radius 2 is 1.83 bits per heavy atom. The molecule has 0 aromatic carbocycles. The van der Waals surface area contributed by atoms with Gasteiger partial charge in [-0.1, -0.05) is 45.2 Å². The zero-order chi connectivity index (χ0) is 9.62. The second kappa shape index (κ2) is 3.11. The Labute approximate surface area is 95.7 Å². The second-order valence-corrected chi connectivity index (χ2v) is 9.85. The van der Waals surface area contributed by atoms with Crippen LogP contribution < -0.4 is 0 Å². The van der Waals surface area contributed by atoms with Crippen LogP contribution in [0.2, 0.25) is 0 Å². The molecule has 6 heteroatoms. The molecule has 1 saturated heterocycles. The minimum Gasteiger partial charge on any atom is -0.360 e. The number of hydrogen-bond acceptors (Lipinski definition) is 1. The fourth-order valence-corrected chi connectivity index (χ4v) is 2.19. The van der Waals surface area contributed by atoms with E-state index in [2.05, 4.69) is 4.74 Å². The van der Waals surface area contributed by atoms with E-state index in [1.807, 2.05) is 45.2 Å². The predicted molar refractivity (Wildman–Crippen MR) is 55.8 cm³/mol. The molecule has 1 aliphatic heterocycles. The topological polar surface area (TPSA) is 12.5 Å². The van der Waals surface area contributed by atoms with Crippen molar-refractivity contribution in [1.82, 2.24) is 0 Å². The van der Waals surface area contributed by atoms with E-state index in [9.17, 15) is 13.2 Å². The van der Waals surface area contributed by atoms with Crippen molar-refractivity contribution in [2.75, 3.05) is 6.61 Å². The van der Waals surface area contributed by atoms with Gasteiger partial charge in [0.2, 0.25) is 0 Å². The van der Waals surface area contributed by atoms with Crippen molar-refractivity contribution in [3.8, 4) is 0 Å². The van der Waals surface area contributed by atoms with Crippen LogP contribution in [-0.2, 0) is 4.74 Å². The predicted octanol–water partition coefficient (Wildman–Crippen LogP) is 3.29. The Hall–Kier alpha value is 1.21. The minimum atomic E-state index is -4.22. The van der Waals surface area contributed by atoms with Gasteiger partial charge >= 0.3 is 6.18 Å². The van der Waals surface area contributed by atoms with Gasteiger partial charge < -0.3 is 4.74 Å². The third-order valence-electron chi connectivity index (χ3n) is 1.61. The average molecular weight is 406 g/mol. The number of ether oxygens (including phenoxy) is 1. The van der Waals surface area contributed by atoms with Crippen molar-refractivity contribution >= 4 is 45.2 Å². The van der Waals surface area contributed by atoms with Crippen molar-refractivity contribution < 1.29 is 17.9 Å². The zero-order valence-electron chi connectivity index (χ0n) is 6.21. The molecule has 0 spiro atoms. The van der Waals surface area contributed by atoms with Gasteiger partial charge in [0.25, 0.3) is 0 Å². The summed E-state index contributed by atoms with van der Waals surface area (Å²) in [5.74, 6) is 0. The van der Waals surface area contributed by atoms with E-state index >= 15 is 0 Å². The van der Waals surface area contributed by atoms with Crippen LogP contribution in [0.3, 0.4) is 0 Å². The third-order valence-corrected chi connectivity index (χ3v) is 2.37. The standard InChI is InChI=1S/C6H7F3I2O/c1-4(10,11)2-5(3-12-5)6(7,8)9/h2-3H2,1H3. The van der Waals surface area contributed by atoms with Crippen LogP contribution in [0.25, 0.3) is 0 Å². The molecular weight excluding hydrogens is 399 g/mol. The molecular formula is C6H7F3I2O. The molecule has 0 aromatic rings. The molecule has 0 aromatic heterocycles. The summed E-state index contributed by atoms with van der Waals surface area (Å²) >= 11 is 3.98. The van der Waals surface area contributed by atoms with Crippen LogP contribution in [-0.4, -0.2) is 19.8 Å². The first-order valence-corrected chi connectivity index (χ1v) is 5.41. The number of hydrogen-bond donors (Lipinski definition) is 0. The number of epoxide rings is 1. The smallest absolute Gasteiger partial charge is 0.360 e. The van der Waals surface area contributed by atoms with Crippen LogP contribution in [0, 0.1) is 0 Å². The van der Waals surface area contributed by atoms with Crippen LogP contribution in [0.4, 0.5) is 13.2 Å². The summed E-state index contributed by atoms with van der Waals surface area (Å²) < 4.78 is 41.0. The van der Waals surface area contributed by atoms with Crippen molar-refractivity contribution in [2.45, 2.75) is 26.6 Å². The van der Waals surface area contributed by atoms with Gasteiger partial charge in [0.15, 0.2) is 5.60 Å². The van der Waals surface area contributed by atoms with E-state index in [1.54, 1.807) is 6.92 Å². The number of rotatable bonds is 2. The highest BCUT2D eigenvalue weighted by molar-refractivity contribution is 14.2. The average Bonchev–Trinajstić information content (AvgIpc) is 2.39.